The van der Waals surface area contributed by atoms with Crippen molar-refractivity contribution < 1.29 is 18.3 Å². The van der Waals surface area contributed by atoms with Crippen LogP contribution in [0.4, 0.5) is 5.69 Å². The van der Waals surface area contributed by atoms with Gasteiger partial charge >= 0.3 is 5.97 Å². The highest BCUT2D eigenvalue weighted by Gasteiger charge is 2.26. The fraction of sp³-hybridized carbons (Fsp3) is 0. The average molecular weight is 484 g/mol. The lowest BCUT2D eigenvalue weighted by molar-refractivity contribution is 0.0697. The molecule has 0 aliphatic carbocycles. The van der Waals surface area contributed by atoms with Crippen molar-refractivity contribution in [3.63, 3.8) is 0 Å². The first-order valence-corrected chi connectivity index (χ1v) is 12.1. The molecule has 0 radical (unpaired) electrons. The highest BCUT2D eigenvalue weighted by Crippen LogP contribution is 2.35. The molecule has 5 aromatic rings. The molecule has 10 heteroatoms. The summed E-state index contributed by atoms with van der Waals surface area (Å²) in [6.45, 7) is 0. The van der Waals surface area contributed by atoms with Gasteiger partial charge in [0, 0.05) is 17.0 Å². The van der Waals surface area contributed by atoms with E-state index in [1.807, 2.05) is 18.2 Å². The van der Waals surface area contributed by atoms with E-state index in [-0.39, 0.29) is 15.7 Å². The number of aromatic carboxylic acids is 1. The van der Waals surface area contributed by atoms with Gasteiger partial charge in [-0.3, -0.25) is 9.12 Å². The number of benzene rings is 3. The molecule has 0 saturated carbocycles. The molecule has 0 saturated heterocycles. The monoisotopic (exact) mass is 483 g/mol. The van der Waals surface area contributed by atoms with Gasteiger partial charge in [-0.15, -0.1) is 11.3 Å². The average Bonchev–Trinajstić information content (AvgIpc) is 3.33. The fourth-order valence-corrected chi connectivity index (χ4v) is 6.17. The summed E-state index contributed by atoms with van der Waals surface area (Å²) in [5.74, 6) is -1.02. The molecule has 0 fully saturated rings. The summed E-state index contributed by atoms with van der Waals surface area (Å²) in [5.41, 5.74) is 2.05. The van der Waals surface area contributed by atoms with E-state index < -0.39 is 16.0 Å². The van der Waals surface area contributed by atoms with Crippen LogP contribution >= 0.6 is 22.9 Å². The van der Waals surface area contributed by atoms with E-state index in [0.29, 0.717) is 21.6 Å². The first-order valence-electron chi connectivity index (χ1n) is 9.34. The van der Waals surface area contributed by atoms with Gasteiger partial charge in [-0.2, -0.15) is 8.42 Å². The predicted molar refractivity (Wildman–Crippen MR) is 125 cm³/mol. The smallest absolute Gasteiger partial charge is 0.335 e. The second-order valence-electron chi connectivity index (χ2n) is 6.96. The highest BCUT2D eigenvalue weighted by molar-refractivity contribution is 7.92. The number of rotatable bonds is 5. The molecule has 0 amide bonds. The van der Waals surface area contributed by atoms with Crippen LogP contribution in [0.15, 0.2) is 77.3 Å². The quantitative estimate of drug-likeness (QED) is 0.350. The summed E-state index contributed by atoms with van der Waals surface area (Å²) in [6, 6.07) is 17.3. The Morgan fingerprint density at radius 3 is 2.62 bits per heavy atom. The lowest BCUT2D eigenvalue weighted by Gasteiger charge is -2.14. The number of anilines is 1. The van der Waals surface area contributed by atoms with E-state index in [4.69, 9.17) is 11.6 Å². The van der Waals surface area contributed by atoms with Gasteiger partial charge in [0.25, 0.3) is 10.0 Å². The van der Waals surface area contributed by atoms with Crippen LogP contribution < -0.4 is 4.72 Å². The number of sulfonamides is 1. The van der Waals surface area contributed by atoms with Gasteiger partial charge in [-0.1, -0.05) is 54.1 Å². The van der Waals surface area contributed by atoms with Crippen molar-refractivity contribution in [1.82, 2.24) is 9.38 Å². The van der Waals surface area contributed by atoms with Crippen LogP contribution in [-0.4, -0.2) is 28.9 Å². The number of nitrogens with one attached hydrogen (secondary N) is 1. The van der Waals surface area contributed by atoms with E-state index in [0.717, 1.165) is 10.9 Å². The SMILES string of the molecule is O=C(O)c1cccc(-c2ccc(NS(=O)(=O)c3c(Cl)nc4sccn34)c3ccccc23)c1. The number of halogens is 1. The largest absolute Gasteiger partial charge is 0.478 e. The summed E-state index contributed by atoms with van der Waals surface area (Å²) in [4.78, 5) is 16.0. The maximum Gasteiger partial charge on any atom is 0.335 e. The lowest BCUT2D eigenvalue weighted by Crippen LogP contribution is -2.15. The van der Waals surface area contributed by atoms with Crippen molar-refractivity contribution >= 4 is 60.4 Å². The third-order valence-corrected chi connectivity index (χ3v) is 7.54. The van der Waals surface area contributed by atoms with Crippen LogP contribution in [0.2, 0.25) is 5.15 Å². The zero-order chi connectivity index (χ0) is 22.5. The zero-order valence-electron chi connectivity index (χ0n) is 16.2. The maximum absolute atomic E-state index is 13.2. The van der Waals surface area contributed by atoms with Crippen molar-refractivity contribution in [3.8, 4) is 11.1 Å². The number of imidazole rings is 1. The molecule has 32 heavy (non-hydrogen) atoms. The van der Waals surface area contributed by atoms with Gasteiger partial charge in [0.1, 0.15) is 0 Å². The Morgan fingerprint density at radius 1 is 1.06 bits per heavy atom. The molecule has 0 spiro atoms. The fourth-order valence-electron chi connectivity index (χ4n) is 3.63. The number of carbonyl (C=O) groups is 1. The molecule has 7 nitrogen and oxygen atoms in total. The van der Waals surface area contributed by atoms with Crippen molar-refractivity contribution in [3.05, 3.63) is 83.0 Å². The minimum absolute atomic E-state index is 0.101. The molecule has 0 unspecified atom stereocenters. The van der Waals surface area contributed by atoms with E-state index in [2.05, 4.69) is 9.71 Å². The standard InChI is InChI=1S/C22H14ClN3O4S2/c23-19-20(26-10-11-31-22(26)24-19)32(29,30)25-18-9-8-15(16-6-1-2-7-17(16)18)13-4-3-5-14(12-13)21(27)28/h1-12,25H,(H,27,28). The number of hydrogen-bond donors (Lipinski definition) is 2. The Morgan fingerprint density at radius 2 is 1.84 bits per heavy atom. The minimum Gasteiger partial charge on any atom is -0.478 e. The van der Waals surface area contributed by atoms with Crippen molar-refractivity contribution in [2.45, 2.75) is 5.03 Å². The summed E-state index contributed by atoms with van der Waals surface area (Å²) in [5, 5.41) is 12.3. The molecule has 3 aromatic carbocycles. The molecule has 2 heterocycles. The van der Waals surface area contributed by atoms with Crippen LogP contribution in [0.5, 0.6) is 0 Å². The summed E-state index contributed by atoms with van der Waals surface area (Å²) < 4.78 is 30.5. The third-order valence-electron chi connectivity index (χ3n) is 5.02. The third kappa shape index (κ3) is 3.40. The molecular weight excluding hydrogens is 470 g/mol. The number of carboxylic acid groups (broad SMARTS) is 1. The maximum atomic E-state index is 13.2. The Kier molecular flexibility index (Phi) is 4.89. The van der Waals surface area contributed by atoms with Crippen molar-refractivity contribution in [1.29, 1.82) is 0 Å². The molecular formula is C22H14ClN3O4S2. The van der Waals surface area contributed by atoms with Gasteiger partial charge in [0.2, 0.25) is 0 Å². The van der Waals surface area contributed by atoms with Crippen LogP contribution in [0, 0.1) is 0 Å². The molecule has 0 aliphatic heterocycles. The Labute approximate surface area is 191 Å². The molecule has 2 N–H and O–H groups in total. The first kappa shape index (κ1) is 20.5. The van der Waals surface area contributed by atoms with Gasteiger partial charge < -0.3 is 5.11 Å². The molecule has 0 bridgehead atoms. The Balaban J connectivity index is 1.63. The van der Waals surface area contributed by atoms with E-state index in [9.17, 15) is 18.3 Å². The van der Waals surface area contributed by atoms with Gasteiger partial charge in [-0.05, 0) is 34.7 Å². The van der Waals surface area contributed by atoms with Crippen molar-refractivity contribution in [2.24, 2.45) is 0 Å². The lowest BCUT2D eigenvalue weighted by atomic mass is 9.96. The first-order chi connectivity index (χ1) is 15.3. The summed E-state index contributed by atoms with van der Waals surface area (Å²) >= 11 is 7.41. The zero-order valence-corrected chi connectivity index (χ0v) is 18.6. The minimum atomic E-state index is -4.04. The van der Waals surface area contributed by atoms with Crippen LogP contribution in [0.25, 0.3) is 26.9 Å². The van der Waals surface area contributed by atoms with E-state index in [1.165, 1.54) is 21.8 Å². The Hall–Kier alpha value is -3.40. The number of nitrogens with zero attached hydrogens (tertiary/aromatic N) is 2. The predicted octanol–water partition coefficient (Wildman–Crippen LogP) is 5.37. The number of hydrogen-bond acceptors (Lipinski definition) is 5. The summed E-state index contributed by atoms with van der Waals surface area (Å²) in [6.07, 6.45) is 1.60. The van der Waals surface area contributed by atoms with Gasteiger partial charge in [0.15, 0.2) is 15.1 Å². The highest BCUT2D eigenvalue weighted by atomic mass is 35.5. The second-order valence-corrected chi connectivity index (χ2v) is 9.79. The molecule has 5 rings (SSSR count). The number of aromatic nitrogens is 2. The molecule has 160 valence electrons. The molecule has 2 aromatic heterocycles. The van der Waals surface area contributed by atoms with Crippen LogP contribution in [-0.2, 0) is 10.0 Å². The number of carboxylic acids is 1. The number of fused-ring (bicyclic) bond motifs is 2. The van der Waals surface area contributed by atoms with Crippen LogP contribution in [0.3, 0.4) is 0 Å². The van der Waals surface area contributed by atoms with E-state index >= 15 is 0 Å². The van der Waals surface area contributed by atoms with Crippen molar-refractivity contribution in [2.75, 3.05) is 4.72 Å². The molecule has 0 aliphatic rings. The Bertz CT molecular complexity index is 1620. The molecule has 0 atom stereocenters. The van der Waals surface area contributed by atoms with Gasteiger partial charge in [-0.25, -0.2) is 9.78 Å². The summed E-state index contributed by atoms with van der Waals surface area (Å²) in [7, 11) is -4.04. The second kappa shape index (κ2) is 7.63. The topological polar surface area (TPSA) is 101 Å². The van der Waals surface area contributed by atoms with E-state index in [1.54, 1.807) is 48.0 Å². The van der Waals surface area contributed by atoms with Crippen LogP contribution in [0.1, 0.15) is 10.4 Å². The number of thiazole rings is 1. The van der Waals surface area contributed by atoms with Gasteiger partial charge in [0.05, 0.1) is 11.3 Å². The normalized spacial score (nSPS) is 11.8.